The van der Waals surface area contributed by atoms with Crippen LogP contribution in [0.5, 0.6) is 5.75 Å². The molecule has 0 fully saturated rings. The van der Waals surface area contributed by atoms with Gasteiger partial charge in [0.25, 0.3) is 0 Å². The first-order valence-electron chi connectivity index (χ1n) is 7.54. The SMILES string of the molecule is CN=C(NCCc1ccccc1)NCc1ccc(OC)c(Br)c1.I. The largest absolute Gasteiger partial charge is 0.496 e. The fraction of sp³-hybridized carbons (Fsp3) is 0.278. The molecule has 4 nitrogen and oxygen atoms in total. The number of benzene rings is 2. The number of methoxy groups -OCH3 is 1. The standard InChI is InChI=1S/C18H22BrN3O.HI/c1-20-18(21-11-10-14-6-4-3-5-7-14)22-13-15-8-9-17(23-2)16(19)12-15;/h3-9,12H,10-11,13H2,1-2H3,(H2,20,21,22);1H. The smallest absolute Gasteiger partial charge is 0.191 e. The fourth-order valence-electron chi connectivity index (χ4n) is 2.20. The lowest BCUT2D eigenvalue weighted by Crippen LogP contribution is -2.37. The molecular weight excluding hydrogens is 481 g/mol. The van der Waals surface area contributed by atoms with Crippen LogP contribution in [0.4, 0.5) is 0 Å². The predicted octanol–water partition coefficient (Wildman–Crippen LogP) is 3.98. The minimum Gasteiger partial charge on any atom is -0.496 e. The molecule has 0 aromatic heterocycles. The van der Waals surface area contributed by atoms with Gasteiger partial charge in [-0.05, 0) is 45.6 Å². The Morgan fingerprint density at radius 1 is 1.08 bits per heavy atom. The van der Waals surface area contributed by atoms with Gasteiger partial charge in [-0.2, -0.15) is 0 Å². The van der Waals surface area contributed by atoms with Crippen LogP contribution in [-0.2, 0) is 13.0 Å². The maximum Gasteiger partial charge on any atom is 0.191 e. The van der Waals surface area contributed by atoms with E-state index in [0.717, 1.165) is 34.7 Å². The molecule has 0 aliphatic heterocycles. The van der Waals surface area contributed by atoms with Gasteiger partial charge in [0.1, 0.15) is 5.75 Å². The van der Waals surface area contributed by atoms with Crippen molar-refractivity contribution in [1.29, 1.82) is 0 Å². The van der Waals surface area contributed by atoms with Gasteiger partial charge in [-0.1, -0.05) is 36.4 Å². The Hall–Kier alpha value is -1.28. The molecule has 0 amide bonds. The minimum absolute atomic E-state index is 0. The third-order valence-electron chi connectivity index (χ3n) is 3.45. The molecule has 6 heteroatoms. The Morgan fingerprint density at radius 2 is 1.83 bits per heavy atom. The van der Waals surface area contributed by atoms with E-state index in [1.165, 1.54) is 5.56 Å². The zero-order chi connectivity index (χ0) is 16.5. The Balaban J connectivity index is 0.00000288. The topological polar surface area (TPSA) is 45.7 Å². The third-order valence-corrected chi connectivity index (χ3v) is 4.07. The Morgan fingerprint density at radius 3 is 2.46 bits per heavy atom. The van der Waals surface area contributed by atoms with Crippen LogP contribution in [0.15, 0.2) is 58.0 Å². The van der Waals surface area contributed by atoms with Gasteiger partial charge in [0, 0.05) is 20.1 Å². The molecule has 0 aliphatic rings. The van der Waals surface area contributed by atoms with Crippen molar-refractivity contribution in [2.45, 2.75) is 13.0 Å². The zero-order valence-corrected chi connectivity index (χ0v) is 17.8. The maximum atomic E-state index is 5.24. The van der Waals surface area contributed by atoms with Gasteiger partial charge >= 0.3 is 0 Å². The van der Waals surface area contributed by atoms with Crippen molar-refractivity contribution in [3.63, 3.8) is 0 Å². The summed E-state index contributed by atoms with van der Waals surface area (Å²) in [5.74, 6) is 1.63. The van der Waals surface area contributed by atoms with E-state index in [1.54, 1.807) is 14.2 Å². The number of hydrogen-bond acceptors (Lipinski definition) is 2. The lowest BCUT2D eigenvalue weighted by Gasteiger charge is -2.13. The molecule has 24 heavy (non-hydrogen) atoms. The molecule has 0 saturated heterocycles. The van der Waals surface area contributed by atoms with Crippen molar-refractivity contribution < 1.29 is 4.74 Å². The zero-order valence-electron chi connectivity index (χ0n) is 13.9. The van der Waals surface area contributed by atoms with E-state index >= 15 is 0 Å². The molecule has 0 saturated carbocycles. The lowest BCUT2D eigenvalue weighted by atomic mass is 10.1. The summed E-state index contributed by atoms with van der Waals surface area (Å²) in [6.07, 6.45) is 0.968. The van der Waals surface area contributed by atoms with Gasteiger partial charge in [0.15, 0.2) is 5.96 Å². The second kappa shape index (κ2) is 11.3. The van der Waals surface area contributed by atoms with E-state index in [0.29, 0.717) is 6.54 Å². The molecule has 0 heterocycles. The van der Waals surface area contributed by atoms with Crippen LogP contribution in [0.25, 0.3) is 0 Å². The third kappa shape index (κ3) is 6.68. The molecule has 2 aromatic rings. The first-order valence-corrected chi connectivity index (χ1v) is 8.33. The summed E-state index contributed by atoms with van der Waals surface area (Å²) in [6.45, 7) is 1.55. The maximum absolute atomic E-state index is 5.24. The summed E-state index contributed by atoms with van der Waals surface area (Å²) < 4.78 is 6.19. The number of rotatable bonds is 6. The van der Waals surface area contributed by atoms with Gasteiger partial charge in [-0.25, -0.2) is 0 Å². The van der Waals surface area contributed by atoms with Crippen molar-refractivity contribution >= 4 is 45.9 Å². The van der Waals surface area contributed by atoms with Crippen LogP contribution in [-0.4, -0.2) is 26.7 Å². The Labute approximate surface area is 169 Å². The highest BCUT2D eigenvalue weighted by molar-refractivity contribution is 14.0. The van der Waals surface area contributed by atoms with E-state index in [1.807, 2.05) is 24.3 Å². The van der Waals surface area contributed by atoms with E-state index in [4.69, 9.17) is 4.74 Å². The van der Waals surface area contributed by atoms with Gasteiger partial charge in [0.05, 0.1) is 11.6 Å². The van der Waals surface area contributed by atoms with E-state index in [9.17, 15) is 0 Å². The first-order chi connectivity index (χ1) is 11.2. The van der Waals surface area contributed by atoms with Crippen LogP contribution in [0.3, 0.4) is 0 Å². The molecule has 2 aromatic carbocycles. The highest BCUT2D eigenvalue weighted by Crippen LogP contribution is 2.25. The average Bonchev–Trinajstić information content (AvgIpc) is 2.59. The molecule has 0 radical (unpaired) electrons. The fourth-order valence-corrected chi connectivity index (χ4v) is 2.78. The van der Waals surface area contributed by atoms with E-state index < -0.39 is 0 Å². The van der Waals surface area contributed by atoms with Crippen LogP contribution >= 0.6 is 39.9 Å². The molecule has 0 spiro atoms. The second-order valence-corrected chi connectivity index (χ2v) is 5.91. The van der Waals surface area contributed by atoms with Crippen molar-refractivity contribution in [1.82, 2.24) is 10.6 Å². The second-order valence-electron chi connectivity index (χ2n) is 5.06. The number of ether oxygens (including phenoxy) is 1. The van der Waals surface area contributed by atoms with E-state index in [2.05, 4.69) is 55.8 Å². The number of nitrogens with zero attached hydrogens (tertiary/aromatic N) is 1. The number of nitrogens with one attached hydrogen (secondary N) is 2. The molecule has 130 valence electrons. The molecule has 0 unspecified atom stereocenters. The van der Waals surface area contributed by atoms with Crippen LogP contribution in [0.1, 0.15) is 11.1 Å². The molecule has 2 N–H and O–H groups in total. The quantitative estimate of drug-likeness (QED) is 0.356. The summed E-state index contributed by atoms with van der Waals surface area (Å²) >= 11 is 3.50. The molecule has 0 atom stereocenters. The van der Waals surface area contributed by atoms with Gasteiger partial charge in [-0.15, -0.1) is 24.0 Å². The van der Waals surface area contributed by atoms with Gasteiger partial charge in [-0.3, -0.25) is 4.99 Å². The summed E-state index contributed by atoms with van der Waals surface area (Å²) in [5, 5.41) is 6.64. The van der Waals surface area contributed by atoms with Gasteiger partial charge in [0.2, 0.25) is 0 Å². The minimum atomic E-state index is 0. The summed E-state index contributed by atoms with van der Waals surface area (Å²) in [6, 6.07) is 16.4. The predicted molar refractivity (Wildman–Crippen MR) is 114 cm³/mol. The summed E-state index contributed by atoms with van der Waals surface area (Å²) in [4.78, 5) is 4.25. The van der Waals surface area contributed by atoms with Crippen molar-refractivity contribution in [2.24, 2.45) is 4.99 Å². The van der Waals surface area contributed by atoms with E-state index in [-0.39, 0.29) is 24.0 Å². The average molecular weight is 504 g/mol. The van der Waals surface area contributed by atoms with Crippen molar-refractivity contribution in [3.05, 3.63) is 64.1 Å². The summed E-state index contributed by atoms with van der Waals surface area (Å²) in [7, 11) is 3.44. The summed E-state index contributed by atoms with van der Waals surface area (Å²) in [5.41, 5.74) is 2.47. The highest BCUT2D eigenvalue weighted by Gasteiger charge is 2.03. The number of guanidine groups is 1. The van der Waals surface area contributed by atoms with Crippen molar-refractivity contribution in [3.8, 4) is 5.75 Å². The molecule has 0 aliphatic carbocycles. The lowest BCUT2D eigenvalue weighted by molar-refractivity contribution is 0.412. The molecular formula is C18H23BrIN3O. The van der Waals surface area contributed by atoms with Crippen molar-refractivity contribution in [2.75, 3.05) is 20.7 Å². The molecule has 0 bridgehead atoms. The van der Waals surface area contributed by atoms with Crippen LogP contribution in [0.2, 0.25) is 0 Å². The van der Waals surface area contributed by atoms with Crippen LogP contribution < -0.4 is 15.4 Å². The Kier molecular flexibility index (Phi) is 9.78. The number of hydrogen-bond donors (Lipinski definition) is 2. The number of aliphatic imine (C=N–C) groups is 1. The monoisotopic (exact) mass is 503 g/mol. The Bertz CT molecular complexity index is 650. The highest BCUT2D eigenvalue weighted by atomic mass is 127. The normalized spacial score (nSPS) is 10.7. The molecule has 2 rings (SSSR count). The van der Waals surface area contributed by atoms with Crippen LogP contribution in [0, 0.1) is 0 Å². The number of halogens is 2. The first kappa shape index (κ1) is 20.8. The van der Waals surface area contributed by atoms with Gasteiger partial charge < -0.3 is 15.4 Å².